The maximum Gasteiger partial charge on any atom is 0.236 e. The van der Waals surface area contributed by atoms with Gasteiger partial charge in [0.1, 0.15) is 0 Å². The SMILES string of the molecule is CNCCOCCOCCN(C)C(=O)CN(C)C(C)C. The van der Waals surface area contributed by atoms with Gasteiger partial charge in [0.15, 0.2) is 0 Å². The van der Waals surface area contributed by atoms with Crippen LogP contribution in [0.1, 0.15) is 13.8 Å². The van der Waals surface area contributed by atoms with Crippen LogP contribution in [0.2, 0.25) is 0 Å². The minimum absolute atomic E-state index is 0.120. The van der Waals surface area contributed by atoms with Crippen LogP contribution in [0.15, 0.2) is 0 Å². The highest BCUT2D eigenvalue weighted by molar-refractivity contribution is 5.77. The molecule has 0 bridgehead atoms. The van der Waals surface area contributed by atoms with E-state index in [-0.39, 0.29) is 5.91 Å². The van der Waals surface area contributed by atoms with Gasteiger partial charge >= 0.3 is 0 Å². The highest BCUT2D eigenvalue weighted by Gasteiger charge is 2.13. The van der Waals surface area contributed by atoms with E-state index in [0.29, 0.717) is 45.6 Å². The van der Waals surface area contributed by atoms with Gasteiger partial charge in [-0.15, -0.1) is 0 Å². The lowest BCUT2D eigenvalue weighted by Gasteiger charge is -2.24. The summed E-state index contributed by atoms with van der Waals surface area (Å²) >= 11 is 0. The van der Waals surface area contributed by atoms with Crippen LogP contribution in [0.3, 0.4) is 0 Å². The fourth-order valence-electron chi connectivity index (χ4n) is 1.34. The van der Waals surface area contributed by atoms with E-state index in [2.05, 4.69) is 19.2 Å². The second kappa shape index (κ2) is 12.1. The molecule has 0 atom stereocenters. The molecule has 1 amide bonds. The third kappa shape index (κ3) is 10.1. The Bertz CT molecular complexity index is 250. The van der Waals surface area contributed by atoms with Gasteiger partial charge in [0, 0.05) is 26.2 Å². The Kier molecular flexibility index (Phi) is 11.7. The quantitative estimate of drug-likeness (QED) is 0.514. The molecule has 0 rings (SSSR count). The molecular formula is C14H31N3O3. The van der Waals surface area contributed by atoms with E-state index in [4.69, 9.17) is 9.47 Å². The van der Waals surface area contributed by atoms with Crippen molar-refractivity contribution in [2.45, 2.75) is 19.9 Å². The van der Waals surface area contributed by atoms with Crippen molar-refractivity contribution in [2.75, 3.05) is 67.2 Å². The van der Waals surface area contributed by atoms with Crippen molar-refractivity contribution in [1.29, 1.82) is 0 Å². The van der Waals surface area contributed by atoms with Gasteiger partial charge in [-0.05, 0) is 27.9 Å². The average molecular weight is 289 g/mol. The summed E-state index contributed by atoms with van der Waals surface area (Å²) in [6.07, 6.45) is 0. The second-order valence-electron chi connectivity index (χ2n) is 5.15. The lowest BCUT2D eigenvalue weighted by molar-refractivity contribution is -0.131. The van der Waals surface area contributed by atoms with Crippen LogP contribution >= 0.6 is 0 Å². The molecule has 0 radical (unpaired) electrons. The zero-order chi connectivity index (χ0) is 15.4. The molecule has 0 aromatic rings. The molecule has 0 aliphatic heterocycles. The molecule has 20 heavy (non-hydrogen) atoms. The Morgan fingerprint density at radius 1 is 1.10 bits per heavy atom. The Balaban J connectivity index is 3.52. The van der Waals surface area contributed by atoms with Gasteiger partial charge < -0.3 is 19.7 Å². The van der Waals surface area contributed by atoms with Gasteiger partial charge in [-0.3, -0.25) is 9.69 Å². The Hall–Kier alpha value is -0.690. The highest BCUT2D eigenvalue weighted by atomic mass is 16.5. The average Bonchev–Trinajstić information content (AvgIpc) is 2.41. The molecule has 0 saturated heterocycles. The van der Waals surface area contributed by atoms with Crippen LogP contribution in [0, 0.1) is 0 Å². The molecule has 0 fully saturated rings. The van der Waals surface area contributed by atoms with Gasteiger partial charge in [0.25, 0.3) is 0 Å². The van der Waals surface area contributed by atoms with Crippen molar-refractivity contribution < 1.29 is 14.3 Å². The van der Waals surface area contributed by atoms with Crippen LogP contribution in [0.5, 0.6) is 0 Å². The van der Waals surface area contributed by atoms with E-state index in [1.165, 1.54) is 0 Å². The maximum absolute atomic E-state index is 11.9. The van der Waals surface area contributed by atoms with Crippen LogP contribution in [0.25, 0.3) is 0 Å². The Morgan fingerprint density at radius 2 is 1.70 bits per heavy atom. The minimum atomic E-state index is 0.120. The van der Waals surface area contributed by atoms with Crippen LogP contribution in [-0.2, 0) is 14.3 Å². The van der Waals surface area contributed by atoms with Crippen molar-refractivity contribution >= 4 is 5.91 Å². The van der Waals surface area contributed by atoms with Gasteiger partial charge in [0.05, 0.1) is 33.0 Å². The summed E-state index contributed by atoms with van der Waals surface area (Å²) in [5.74, 6) is 0.120. The van der Waals surface area contributed by atoms with E-state index in [0.717, 1.165) is 6.54 Å². The smallest absolute Gasteiger partial charge is 0.236 e. The monoisotopic (exact) mass is 289 g/mol. The molecule has 0 heterocycles. The van der Waals surface area contributed by atoms with E-state index in [1.54, 1.807) is 4.90 Å². The number of hydrogen-bond donors (Lipinski definition) is 1. The first-order valence-electron chi connectivity index (χ1n) is 7.23. The fraction of sp³-hybridized carbons (Fsp3) is 0.929. The van der Waals surface area contributed by atoms with Gasteiger partial charge in [-0.2, -0.15) is 0 Å². The van der Waals surface area contributed by atoms with E-state index in [1.807, 2.05) is 26.0 Å². The number of hydrogen-bond acceptors (Lipinski definition) is 5. The first kappa shape index (κ1) is 19.3. The van der Waals surface area contributed by atoms with Crippen molar-refractivity contribution in [1.82, 2.24) is 15.1 Å². The molecule has 1 N–H and O–H groups in total. The van der Waals surface area contributed by atoms with E-state index < -0.39 is 0 Å². The predicted molar refractivity (Wildman–Crippen MR) is 81.0 cm³/mol. The summed E-state index contributed by atoms with van der Waals surface area (Å²) in [7, 11) is 5.65. The molecule has 0 spiro atoms. The third-order valence-electron chi connectivity index (χ3n) is 3.13. The number of rotatable bonds is 12. The molecule has 0 aromatic heterocycles. The molecule has 120 valence electrons. The third-order valence-corrected chi connectivity index (χ3v) is 3.13. The lowest BCUT2D eigenvalue weighted by atomic mass is 10.3. The Morgan fingerprint density at radius 3 is 2.25 bits per heavy atom. The highest BCUT2D eigenvalue weighted by Crippen LogP contribution is 1.95. The number of likely N-dealkylation sites (N-methyl/N-ethyl adjacent to an activating group) is 3. The summed E-state index contributed by atoms with van der Waals surface area (Å²) in [4.78, 5) is 15.6. The van der Waals surface area contributed by atoms with Crippen molar-refractivity contribution in [2.24, 2.45) is 0 Å². The largest absolute Gasteiger partial charge is 0.378 e. The van der Waals surface area contributed by atoms with Crippen LogP contribution in [-0.4, -0.2) is 89.0 Å². The molecule has 0 unspecified atom stereocenters. The van der Waals surface area contributed by atoms with Crippen molar-refractivity contribution in [3.63, 3.8) is 0 Å². The first-order valence-corrected chi connectivity index (χ1v) is 7.23. The second-order valence-corrected chi connectivity index (χ2v) is 5.15. The summed E-state index contributed by atoms with van der Waals surface area (Å²) in [5, 5.41) is 3.01. The number of amides is 1. The molecular weight excluding hydrogens is 258 g/mol. The topological polar surface area (TPSA) is 54.0 Å². The van der Waals surface area contributed by atoms with Gasteiger partial charge in [-0.25, -0.2) is 0 Å². The number of ether oxygens (including phenoxy) is 2. The van der Waals surface area contributed by atoms with Gasteiger partial charge in [-0.1, -0.05) is 0 Å². The van der Waals surface area contributed by atoms with Crippen LogP contribution < -0.4 is 5.32 Å². The molecule has 0 saturated carbocycles. The van der Waals surface area contributed by atoms with E-state index >= 15 is 0 Å². The number of nitrogens with one attached hydrogen (secondary N) is 1. The lowest BCUT2D eigenvalue weighted by Crippen LogP contribution is -2.40. The summed E-state index contributed by atoms with van der Waals surface area (Å²) in [6, 6.07) is 0.373. The predicted octanol–water partition coefficient (Wildman–Crippen LogP) is 0.0376. The maximum atomic E-state index is 11.9. The number of carbonyl (C=O) groups is 1. The Labute approximate surface area is 123 Å². The van der Waals surface area contributed by atoms with E-state index in [9.17, 15) is 4.79 Å². The zero-order valence-corrected chi connectivity index (χ0v) is 13.6. The minimum Gasteiger partial charge on any atom is -0.378 e. The molecule has 0 aromatic carbocycles. The summed E-state index contributed by atoms with van der Waals surface area (Å²) in [6.45, 7) is 8.45. The van der Waals surface area contributed by atoms with Crippen molar-refractivity contribution in [3.05, 3.63) is 0 Å². The zero-order valence-electron chi connectivity index (χ0n) is 13.6. The number of carbonyl (C=O) groups excluding carboxylic acids is 1. The van der Waals surface area contributed by atoms with Crippen molar-refractivity contribution in [3.8, 4) is 0 Å². The van der Waals surface area contributed by atoms with Gasteiger partial charge in [0.2, 0.25) is 5.91 Å². The molecule has 6 heteroatoms. The van der Waals surface area contributed by atoms with Crippen LogP contribution in [0.4, 0.5) is 0 Å². The fourth-order valence-corrected chi connectivity index (χ4v) is 1.34. The molecule has 0 aliphatic carbocycles. The summed E-state index contributed by atoms with van der Waals surface area (Å²) in [5.41, 5.74) is 0. The number of nitrogens with zero attached hydrogens (tertiary/aromatic N) is 2. The standard InChI is InChI=1S/C14H31N3O3/c1-13(2)17(5)12-14(18)16(4)7-9-20-11-10-19-8-6-15-3/h13,15H,6-12H2,1-5H3. The molecule has 0 aliphatic rings. The first-order chi connectivity index (χ1) is 9.49. The normalized spacial score (nSPS) is 11.3. The summed E-state index contributed by atoms with van der Waals surface area (Å²) < 4.78 is 10.8. The molecule has 6 nitrogen and oxygen atoms in total.